The van der Waals surface area contributed by atoms with Crippen molar-refractivity contribution in [2.24, 2.45) is 5.84 Å². The summed E-state index contributed by atoms with van der Waals surface area (Å²) < 4.78 is 40.8. The van der Waals surface area contributed by atoms with E-state index in [1.807, 2.05) is 0 Å². The Balaban J connectivity index is 2.98. The molecule has 0 amide bonds. The third kappa shape index (κ3) is 3.74. The summed E-state index contributed by atoms with van der Waals surface area (Å²) in [4.78, 5) is 7.50. The van der Waals surface area contributed by atoms with Crippen LogP contribution in [0.2, 0.25) is 0 Å². The van der Waals surface area contributed by atoms with Gasteiger partial charge in [-0.3, -0.25) is 0 Å². The van der Waals surface area contributed by atoms with Gasteiger partial charge in [0.1, 0.15) is 6.33 Å². The molecule has 1 aromatic heterocycles. The molecule has 0 saturated carbocycles. The second-order valence-electron chi connectivity index (χ2n) is 3.64. The molecule has 17 heavy (non-hydrogen) atoms. The van der Waals surface area contributed by atoms with Gasteiger partial charge in [0.15, 0.2) is 12.4 Å². The molecule has 0 saturated heterocycles. The largest absolute Gasteiger partial charge is 0.468 e. The number of nitrogen functional groups attached to an aromatic ring is 1. The highest BCUT2D eigenvalue weighted by Crippen LogP contribution is 2.30. The summed E-state index contributed by atoms with van der Waals surface area (Å²) in [6, 6.07) is 0. The summed E-state index contributed by atoms with van der Waals surface area (Å²) in [5.74, 6) is 5.25. The van der Waals surface area contributed by atoms with Crippen molar-refractivity contribution in [3.8, 4) is 5.88 Å². The Kier molecular flexibility index (Phi) is 4.11. The molecule has 0 spiro atoms. The van der Waals surface area contributed by atoms with E-state index in [1.165, 1.54) is 0 Å². The highest BCUT2D eigenvalue weighted by molar-refractivity contribution is 5.49. The van der Waals surface area contributed by atoms with Gasteiger partial charge in [0.25, 0.3) is 0 Å². The Labute approximate surface area is 96.2 Å². The summed E-state index contributed by atoms with van der Waals surface area (Å²) in [6.07, 6.45) is -3.32. The number of nitrogens with one attached hydrogen (secondary N) is 1. The van der Waals surface area contributed by atoms with Crippen LogP contribution in [0.4, 0.5) is 19.0 Å². The van der Waals surface area contributed by atoms with Crippen LogP contribution in [0, 0.1) is 0 Å². The summed E-state index contributed by atoms with van der Waals surface area (Å²) >= 11 is 0. The molecule has 0 atom stereocenters. The van der Waals surface area contributed by atoms with Crippen LogP contribution in [0.5, 0.6) is 5.88 Å². The molecule has 0 aliphatic rings. The number of aromatic nitrogens is 2. The highest BCUT2D eigenvalue weighted by atomic mass is 19.4. The number of nitrogens with zero attached hydrogens (tertiary/aromatic N) is 2. The van der Waals surface area contributed by atoms with Gasteiger partial charge in [-0.25, -0.2) is 15.8 Å². The lowest BCUT2D eigenvalue weighted by molar-refractivity contribution is -0.154. The monoisotopic (exact) mass is 250 g/mol. The van der Waals surface area contributed by atoms with Crippen LogP contribution in [-0.4, -0.2) is 22.8 Å². The number of rotatable bonds is 4. The average Bonchev–Trinajstić information content (AvgIpc) is 2.24. The van der Waals surface area contributed by atoms with E-state index in [4.69, 9.17) is 5.84 Å². The van der Waals surface area contributed by atoms with Gasteiger partial charge in [0.05, 0.1) is 5.56 Å². The van der Waals surface area contributed by atoms with Crippen molar-refractivity contribution in [3.63, 3.8) is 0 Å². The van der Waals surface area contributed by atoms with Gasteiger partial charge in [-0.05, 0) is 5.92 Å². The maximum atomic E-state index is 12.0. The Morgan fingerprint density at radius 1 is 1.41 bits per heavy atom. The normalized spacial score (nSPS) is 11.7. The number of hydrogen-bond acceptors (Lipinski definition) is 5. The minimum Gasteiger partial charge on any atom is -0.468 e. The molecule has 0 bridgehead atoms. The Morgan fingerprint density at radius 2 is 2.06 bits per heavy atom. The standard InChI is InChI=1S/C9H13F3N4O/c1-5(2)6-7(16-13)14-4-15-8(6)17-3-9(10,11)12/h4-5H,3,13H2,1-2H3,(H,14,15,16). The van der Waals surface area contributed by atoms with Crippen molar-refractivity contribution in [2.75, 3.05) is 12.0 Å². The van der Waals surface area contributed by atoms with Crippen LogP contribution in [0.15, 0.2) is 6.33 Å². The molecule has 0 aromatic carbocycles. The first-order valence-corrected chi connectivity index (χ1v) is 4.86. The van der Waals surface area contributed by atoms with E-state index in [9.17, 15) is 13.2 Å². The van der Waals surface area contributed by atoms with Crippen molar-refractivity contribution in [1.29, 1.82) is 0 Å². The molecule has 96 valence electrons. The Hall–Kier alpha value is -1.57. The van der Waals surface area contributed by atoms with Gasteiger partial charge in [0, 0.05) is 0 Å². The van der Waals surface area contributed by atoms with E-state index in [0.29, 0.717) is 5.56 Å². The summed E-state index contributed by atoms with van der Waals surface area (Å²) in [5.41, 5.74) is 2.72. The van der Waals surface area contributed by atoms with Crippen molar-refractivity contribution >= 4 is 5.82 Å². The fraction of sp³-hybridized carbons (Fsp3) is 0.556. The van der Waals surface area contributed by atoms with Crippen molar-refractivity contribution in [3.05, 3.63) is 11.9 Å². The maximum absolute atomic E-state index is 12.0. The third-order valence-corrected chi connectivity index (χ3v) is 1.93. The van der Waals surface area contributed by atoms with Gasteiger partial charge >= 0.3 is 6.18 Å². The van der Waals surface area contributed by atoms with Crippen LogP contribution < -0.4 is 16.0 Å². The van der Waals surface area contributed by atoms with E-state index in [2.05, 4.69) is 20.1 Å². The second kappa shape index (κ2) is 5.17. The molecule has 8 heteroatoms. The summed E-state index contributed by atoms with van der Waals surface area (Å²) in [6.45, 7) is 2.16. The van der Waals surface area contributed by atoms with Gasteiger partial charge in [-0.1, -0.05) is 13.8 Å². The lowest BCUT2D eigenvalue weighted by atomic mass is 10.1. The summed E-state index contributed by atoms with van der Waals surface area (Å²) in [7, 11) is 0. The third-order valence-electron chi connectivity index (χ3n) is 1.93. The molecule has 1 aromatic rings. The topological polar surface area (TPSA) is 73.1 Å². The molecule has 0 fully saturated rings. The van der Waals surface area contributed by atoms with Gasteiger partial charge in [0.2, 0.25) is 5.88 Å². The van der Waals surface area contributed by atoms with Crippen LogP contribution in [0.25, 0.3) is 0 Å². The predicted molar refractivity (Wildman–Crippen MR) is 55.5 cm³/mol. The molecule has 3 N–H and O–H groups in total. The van der Waals surface area contributed by atoms with E-state index in [-0.39, 0.29) is 17.6 Å². The van der Waals surface area contributed by atoms with Crippen LogP contribution in [0.1, 0.15) is 25.3 Å². The molecule has 0 aliphatic heterocycles. The van der Waals surface area contributed by atoms with Crippen molar-refractivity contribution < 1.29 is 17.9 Å². The molecule has 0 radical (unpaired) electrons. The van der Waals surface area contributed by atoms with Crippen LogP contribution in [0.3, 0.4) is 0 Å². The molecular weight excluding hydrogens is 237 g/mol. The smallest absolute Gasteiger partial charge is 0.422 e. The fourth-order valence-corrected chi connectivity index (χ4v) is 1.28. The maximum Gasteiger partial charge on any atom is 0.422 e. The van der Waals surface area contributed by atoms with E-state index < -0.39 is 12.8 Å². The van der Waals surface area contributed by atoms with E-state index in [1.54, 1.807) is 13.8 Å². The minimum absolute atomic E-state index is 0.111. The highest BCUT2D eigenvalue weighted by Gasteiger charge is 2.29. The molecule has 5 nitrogen and oxygen atoms in total. The van der Waals surface area contributed by atoms with E-state index >= 15 is 0 Å². The molecule has 0 aliphatic carbocycles. The second-order valence-corrected chi connectivity index (χ2v) is 3.64. The zero-order chi connectivity index (χ0) is 13.1. The number of alkyl halides is 3. The SMILES string of the molecule is CC(C)c1c(NN)ncnc1OCC(F)(F)F. The summed E-state index contributed by atoms with van der Waals surface area (Å²) in [5, 5.41) is 0. The van der Waals surface area contributed by atoms with Gasteiger partial charge in [-0.2, -0.15) is 13.2 Å². The fourth-order valence-electron chi connectivity index (χ4n) is 1.28. The first-order chi connectivity index (χ1) is 7.85. The lowest BCUT2D eigenvalue weighted by Crippen LogP contribution is -2.21. The van der Waals surface area contributed by atoms with Crippen molar-refractivity contribution in [1.82, 2.24) is 9.97 Å². The van der Waals surface area contributed by atoms with E-state index in [0.717, 1.165) is 6.33 Å². The van der Waals surface area contributed by atoms with Crippen LogP contribution >= 0.6 is 0 Å². The first-order valence-electron chi connectivity index (χ1n) is 4.86. The molecule has 1 heterocycles. The molecular formula is C9H13F3N4O. The van der Waals surface area contributed by atoms with Gasteiger partial charge < -0.3 is 10.2 Å². The number of hydrogen-bond donors (Lipinski definition) is 2. The predicted octanol–water partition coefficient (Wildman–Crippen LogP) is 1.83. The zero-order valence-electron chi connectivity index (χ0n) is 9.38. The first kappa shape index (κ1) is 13.5. The number of ether oxygens (including phenoxy) is 1. The Morgan fingerprint density at radius 3 is 2.53 bits per heavy atom. The lowest BCUT2D eigenvalue weighted by Gasteiger charge is -2.16. The van der Waals surface area contributed by atoms with Crippen LogP contribution in [-0.2, 0) is 0 Å². The number of anilines is 1. The zero-order valence-corrected chi connectivity index (χ0v) is 9.38. The molecule has 1 rings (SSSR count). The molecule has 0 unspecified atom stereocenters. The Bertz CT molecular complexity index is 381. The number of halogens is 3. The number of hydrazine groups is 1. The number of nitrogens with two attached hydrogens (primary N) is 1. The average molecular weight is 250 g/mol. The quantitative estimate of drug-likeness (QED) is 0.630. The minimum atomic E-state index is -4.41. The van der Waals surface area contributed by atoms with Gasteiger partial charge in [-0.15, -0.1) is 0 Å². The van der Waals surface area contributed by atoms with Crippen molar-refractivity contribution in [2.45, 2.75) is 25.9 Å².